The lowest BCUT2D eigenvalue weighted by molar-refractivity contribution is -0.117. The van der Waals surface area contributed by atoms with Crippen molar-refractivity contribution in [2.75, 3.05) is 10.6 Å². The number of ether oxygens (including phenoxy) is 1. The molecule has 5 aromatic rings. The van der Waals surface area contributed by atoms with E-state index in [0.717, 1.165) is 50.8 Å². The highest BCUT2D eigenvalue weighted by Gasteiger charge is 2.10. The summed E-state index contributed by atoms with van der Waals surface area (Å²) < 4.78 is 5.88. The minimum atomic E-state index is -0.555. The van der Waals surface area contributed by atoms with Crippen LogP contribution < -0.4 is 21.1 Å². The number of nitrogens with two attached hydrogens (primary N) is 1. The Kier molecular flexibility index (Phi) is 7.09. The van der Waals surface area contributed by atoms with Crippen molar-refractivity contribution in [2.45, 2.75) is 26.0 Å². The average molecular weight is 493 g/mol. The molecule has 0 aliphatic rings. The molecule has 186 valence electrons. The minimum absolute atomic E-state index is 0.212. The zero-order valence-corrected chi connectivity index (χ0v) is 20.4. The van der Waals surface area contributed by atoms with Crippen LogP contribution in [0.15, 0.2) is 91.3 Å². The van der Waals surface area contributed by atoms with E-state index in [1.165, 1.54) is 6.33 Å². The molecule has 2 heterocycles. The van der Waals surface area contributed by atoms with Crippen LogP contribution in [0.2, 0.25) is 0 Å². The van der Waals surface area contributed by atoms with Crippen molar-refractivity contribution in [2.24, 2.45) is 5.73 Å². The van der Waals surface area contributed by atoms with Crippen LogP contribution in [0, 0.1) is 0 Å². The normalized spacial score (nSPS) is 11.7. The Labute approximate surface area is 214 Å². The van der Waals surface area contributed by atoms with Crippen molar-refractivity contribution in [1.82, 2.24) is 15.0 Å². The summed E-state index contributed by atoms with van der Waals surface area (Å²) in [7, 11) is 0. The first-order chi connectivity index (χ1) is 18.0. The molecule has 0 aliphatic heterocycles. The van der Waals surface area contributed by atoms with E-state index in [4.69, 9.17) is 10.5 Å². The number of fused-ring (bicyclic) bond motifs is 1. The lowest BCUT2D eigenvalue weighted by Gasteiger charge is -2.09. The Morgan fingerprint density at radius 1 is 0.946 bits per heavy atom. The number of carbonyl (C=O) groups is 1. The van der Waals surface area contributed by atoms with Gasteiger partial charge in [-0.3, -0.25) is 4.79 Å². The van der Waals surface area contributed by atoms with E-state index in [1.54, 1.807) is 6.92 Å². The van der Waals surface area contributed by atoms with Crippen molar-refractivity contribution in [3.05, 3.63) is 108 Å². The van der Waals surface area contributed by atoms with Crippen LogP contribution in [0.4, 0.5) is 17.2 Å². The second kappa shape index (κ2) is 10.9. The molecule has 5 rings (SSSR count). The van der Waals surface area contributed by atoms with E-state index < -0.39 is 6.04 Å². The van der Waals surface area contributed by atoms with Crippen LogP contribution >= 0.6 is 0 Å². The number of H-pyrrole nitrogens is 1. The number of benzene rings is 3. The standard InChI is InChI=1S/C29H28N6O2/c1-19(30)29(36)35-23-9-7-20(8-10-23)15-24-16-26-27(31-18-32-28(26)34-24)33-22-11-13-25(14-12-22)37-17-21-5-3-2-4-6-21/h2-14,16,18-19H,15,17,30H2,1H3,(H,35,36)(H2,31,32,33,34). The first-order valence-electron chi connectivity index (χ1n) is 12.1. The van der Waals surface area contributed by atoms with Crippen LogP contribution in [0.3, 0.4) is 0 Å². The highest BCUT2D eigenvalue weighted by molar-refractivity contribution is 5.94. The number of anilines is 3. The first kappa shape index (κ1) is 24.0. The third kappa shape index (κ3) is 6.12. The molecular weight excluding hydrogens is 464 g/mol. The van der Waals surface area contributed by atoms with Gasteiger partial charge in [0, 0.05) is 23.5 Å². The molecule has 5 N–H and O–H groups in total. The van der Waals surface area contributed by atoms with Gasteiger partial charge in [0.1, 0.15) is 30.1 Å². The topological polar surface area (TPSA) is 118 Å². The molecule has 1 amide bonds. The molecule has 2 aromatic heterocycles. The number of hydrogen-bond acceptors (Lipinski definition) is 6. The number of hydrogen-bond donors (Lipinski definition) is 4. The van der Waals surface area contributed by atoms with Crippen LogP contribution in [0.25, 0.3) is 11.0 Å². The molecule has 37 heavy (non-hydrogen) atoms. The number of nitrogens with one attached hydrogen (secondary N) is 3. The highest BCUT2D eigenvalue weighted by Crippen LogP contribution is 2.26. The van der Waals surface area contributed by atoms with Gasteiger partial charge in [-0.15, -0.1) is 0 Å². The maximum absolute atomic E-state index is 11.8. The van der Waals surface area contributed by atoms with Gasteiger partial charge >= 0.3 is 0 Å². The Morgan fingerprint density at radius 2 is 1.68 bits per heavy atom. The highest BCUT2D eigenvalue weighted by atomic mass is 16.5. The van der Waals surface area contributed by atoms with Gasteiger partial charge in [0.05, 0.1) is 11.4 Å². The molecule has 0 fully saturated rings. The minimum Gasteiger partial charge on any atom is -0.489 e. The second-order valence-corrected chi connectivity index (χ2v) is 8.85. The van der Waals surface area contributed by atoms with Crippen LogP contribution in [-0.4, -0.2) is 26.9 Å². The molecule has 8 heteroatoms. The van der Waals surface area contributed by atoms with Crippen molar-refractivity contribution in [3.8, 4) is 5.75 Å². The molecule has 1 unspecified atom stereocenters. The van der Waals surface area contributed by atoms with Crippen molar-refractivity contribution in [1.29, 1.82) is 0 Å². The third-order valence-corrected chi connectivity index (χ3v) is 5.88. The zero-order chi connectivity index (χ0) is 25.6. The third-order valence-electron chi connectivity index (χ3n) is 5.88. The molecule has 0 saturated carbocycles. The van der Waals surface area contributed by atoms with E-state index in [-0.39, 0.29) is 5.91 Å². The maximum Gasteiger partial charge on any atom is 0.240 e. The molecule has 0 aliphatic carbocycles. The molecule has 0 saturated heterocycles. The Morgan fingerprint density at radius 3 is 2.41 bits per heavy atom. The molecule has 3 aromatic carbocycles. The van der Waals surface area contributed by atoms with Gasteiger partial charge < -0.3 is 26.1 Å². The molecule has 1 atom stereocenters. The molecule has 0 spiro atoms. The largest absolute Gasteiger partial charge is 0.489 e. The zero-order valence-electron chi connectivity index (χ0n) is 20.4. The summed E-state index contributed by atoms with van der Waals surface area (Å²) in [6.07, 6.45) is 2.23. The predicted molar refractivity (Wildman–Crippen MR) is 146 cm³/mol. The number of aromatic nitrogens is 3. The summed E-state index contributed by atoms with van der Waals surface area (Å²) in [6, 6.07) is 27.1. The number of nitrogens with zero attached hydrogens (tertiary/aromatic N) is 2. The van der Waals surface area contributed by atoms with Gasteiger partial charge in [-0.05, 0) is 60.5 Å². The Hall–Kier alpha value is -4.69. The van der Waals surface area contributed by atoms with E-state index in [0.29, 0.717) is 13.0 Å². The monoisotopic (exact) mass is 492 g/mol. The summed E-state index contributed by atoms with van der Waals surface area (Å²) in [6.45, 7) is 2.18. The first-order valence-corrected chi connectivity index (χ1v) is 12.1. The second-order valence-electron chi connectivity index (χ2n) is 8.85. The fourth-order valence-corrected chi connectivity index (χ4v) is 3.88. The smallest absolute Gasteiger partial charge is 0.240 e. The van der Waals surface area contributed by atoms with Gasteiger partial charge in [-0.1, -0.05) is 42.5 Å². The van der Waals surface area contributed by atoms with Gasteiger partial charge in [0.2, 0.25) is 5.91 Å². The lowest BCUT2D eigenvalue weighted by atomic mass is 10.1. The van der Waals surface area contributed by atoms with Crippen molar-refractivity contribution >= 4 is 34.1 Å². The summed E-state index contributed by atoms with van der Waals surface area (Å²) in [5.41, 5.74) is 11.2. The Bertz CT molecular complexity index is 1480. The number of amides is 1. The summed E-state index contributed by atoms with van der Waals surface area (Å²) in [4.78, 5) is 24.0. The van der Waals surface area contributed by atoms with E-state index in [9.17, 15) is 4.79 Å². The SMILES string of the molecule is CC(N)C(=O)Nc1ccc(Cc2cc3c(Nc4ccc(OCc5ccccc5)cc4)ncnc3[nH]2)cc1. The lowest BCUT2D eigenvalue weighted by Crippen LogP contribution is -2.32. The number of rotatable bonds is 9. The van der Waals surface area contributed by atoms with E-state index >= 15 is 0 Å². The fourth-order valence-electron chi connectivity index (χ4n) is 3.88. The summed E-state index contributed by atoms with van der Waals surface area (Å²) in [5, 5.41) is 7.08. The van der Waals surface area contributed by atoms with Crippen LogP contribution in [0.1, 0.15) is 23.7 Å². The van der Waals surface area contributed by atoms with E-state index in [2.05, 4.69) is 31.7 Å². The van der Waals surface area contributed by atoms with Gasteiger partial charge in [0.25, 0.3) is 0 Å². The van der Waals surface area contributed by atoms with Gasteiger partial charge in [0.15, 0.2) is 0 Å². The number of aromatic amines is 1. The predicted octanol–water partition coefficient (Wildman–Crippen LogP) is 5.16. The molecule has 0 bridgehead atoms. The summed E-state index contributed by atoms with van der Waals surface area (Å²) in [5.74, 6) is 1.31. The van der Waals surface area contributed by atoms with Crippen LogP contribution in [-0.2, 0) is 17.8 Å². The quantitative estimate of drug-likeness (QED) is 0.226. The number of carbonyl (C=O) groups excluding carboxylic acids is 1. The van der Waals surface area contributed by atoms with Crippen LogP contribution in [0.5, 0.6) is 5.75 Å². The maximum atomic E-state index is 11.8. The van der Waals surface area contributed by atoms with Crippen molar-refractivity contribution < 1.29 is 9.53 Å². The Balaban J connectivity index is 1.24. The fraction of sp³-hybridized carbons (Fsp3) is 0.138. The van der Waals surface area contributed by atoms with E-state index in [1.807, 2.05) is 78.9 Å². The molecule has 0 radical (unpaired) electrons. The average Bonchev–Trinajstić information content (AvgIpc) is 3.33. The molecule has 8 nitrogen and oxygen atoms in total. The van der Waals surface area contributed by atoms with Gasteiger partial charge in [-0.2, -0.15) is 0 Å². The summed E-state index contributed by atoms with van der Waals surface area (Å²) >= 11 is 0. The van der Waals surface area contributed by atoms with Gasteiger partial charge in [-0.25, -0.2) is 9.97 Å². The van der Waals surface area contributed by atoms with Crippen molar-refractivity contribution in [3.63, 3.8) is 0 Å². The molecular formula is C29H28N6O2.